The molecule has 0 amide bonds. The van der Waals surface area contributed by atoms with E-state index < -0.39 is 5.54 Å². The molecule has 172 valence electrons. The fourth-order valence-electron chi connectivity index (χ4n) is 5.51. The van der Waals surface area contributed by atoms with E-state index in [9.17, 15) is 0 Å². The normalized spacial score (nSPS) is 20.2. The fraction of sp³-hybridized carbons (Fsp3) is 0.0938. The number of anilines is 1. The van der Waals surface area contributed by atoms with Crippen LogP contribution in [0, 0.1) is 0 Å². The average Bonchev–Trinajstić information content (AvgIpc) is 3.27. The average molecular weight is 465 g/mol. The van der Waals surface area contributed by atoms with Crippen LogP contribution in [0.25, 0.3) is 28.1 Å². The first-order chi connectivity index (χ1) is 17.7. The highest BCUT2D eigenvalue weighted by Gasteiger charge is 2.48. The van der Waals surface area contributed by atoms with Gasteiger partial charge in [-0.1, -0.05) is 91.0 Å². The van der Waals surface area contributed by atoms with Gasteiger partial charge in [0.2, 0.25) is 0 Å². The maximum Gasteiger partial charge on any atom is 0.142 e. The predicted octanol–water partition coefficient (Wildman–Crippen LogP) is 6.87. The molecule has 0 saturated carbocycles. The molecule has 2 atom stereocenters. The monoisotopic (exact) mass is 464 g/mol. The number of fused-ring (bicyclic) bond motifs is 4. The predicted molar refractivity (Wildman–Crippen MR) is 147 cm³/mol. The lowest BCUT2D eigenvalue weighted by atomic mass is 9.84. The van der Waals surface area contributed by atoms with Crippen molar-refractivity contribution in [3.63, 3.8) is 0 Å². The third kappa shape index (κ3) is 3.11. The Labute approximate surface area is 210 Å². The maximum absolute atomic E-state index is 5.40. The van der Waals surface area contributed by atoms with Crippen molar-refractivity contribution in [2.45, 2.75) is 18.5 Å². The Morgan fingerprint density at radius 2 is 1.47 bits per heavy atom. The van der Waals surface area contributed by atoms with E-state index in [2.05, 4.69) is 114 Å². The van der Waals surface area contributed by atoms with Crippen molar-refractivity contribution in [1.29, 1.82) is 0 Å². The number of rotatable bonds is 3. The molecule has 2 aliphatic heterocycles. The molecular formula is C32H24N4. The second-order valence-corrected chi connectivity index (χ2v) is 9.50. The Bertz CT molecular complexity index is 1650. The van der Waals surface area contributed by atoms with Gasteiger partial charge >= 0.3 is 0 Å². The van der Waals surface area contributed by atoms with E-state index in [1.807, 2.05) is 24.5 Å². The number of aromatic nitrogens is 2. The van der Waals surface area contributed by atoms with Crippen LogP contribution >= 0.6 is 0 Å². The first-order valence-electron chi connectivity index (χ1n) is 12.2. The summed E-state index contributed by atoms with van der Waals surface area (Å²) in [7, 11) is 0. The summed E-state index contributed by atoms with van der Waals surface area (Å²) in [5, 5.41) is 1.14. The standard InChI is InChI=1S/C32H24N4/c1-32(26-11-3-2-4-12-26)28-19-18-24-10-7-21-34-30(24)36(28)31(35-32)25-16-14-22(15-17-25)27-13-5-8-23-9-6-20-33-29(23)27/h2-21,28H,1H3. The summed E-state index contributed by atoms with van der Waals surface area (Å²) in [6.07, 6.45) is 8.16. The molecule has 2 aromatic heterocycles. The van der Waals surface area contributed by atoms with E-state index >= 15 is 0 Å². The summed E-state index contributed by atoms with van der Waals surface area (Å²) in [6, 6.07) is 33.8. The van der Waals surface area contributed by atoms with Gasteiger partial charge in [0.05, 0.1) is 11.6 Å². The number of benzene rings is 3. The van der Waals surface area contributed by atoms with Gasteiger partial charge in [0, 0.05) is 34.5 Å². The number of pyridine rings is 2. The number of hydrogen-bond acceptors (Lipinski definition) is 4. The van der Waals surface area contributed by atoms with Gasteiger partial charge in [-0.05, 0) is 36.2 Å². The van der Waals surface area contributed by atoms with E-state index in [0.29, 0.717) is 0 Å². The minimum absolute atomic E-state index is 0.0410. The summed E-state index contributed by atoms with van der Waals surface area (Å²) < 4.78 is 0. The van der Waals surface area contributed by atoms with Gasteiger partial charge < -0.3 is 4.90 Å². The molecule has 4 heteroatoms. The van der Waals surface area contributed by atoms with Crippen molar-refractivity contribution in [3.8, 4) is 11.1 Å². The number of aliphatic imine (C=N–C) groups is 1. The van der Waals surface area contributed by atoms with Gasteiger partial charge in [-0.25, -0.2) is 4.98 Å². The van der Waals surface area contributed by atoms with Crippen molar-refractivity contribution < 1.29 is 0 Å². The number of para-hydroxylation sites is 1. The molecule has 0 fully saturated rings. The number of amidine groups is 1. The molecule has 0 aliphatic carbocycles. The lowest BCUT2D eigenvalue weighted by molar-refractivity contribution is 0.470. The van der Waals surface area contributed by atoms with Crippen LogP contribution in [0.15, 0.2) is 121 Å². The molecule has 3 aromatic carbocycles. The zero-order valence-corrected chi connectivity index (χ0v) is 19.9. The largest absolute Gasteiger partial charge is 0.300 e. The summed E-state index contributed by atoms with van der Waals surface area (Å²) >= 11 is 0. The van der Waals surface area contributed by atoms with Crippen molar-refractivity contribution in [3.05, 3.63) is 132 Å². The SMILES string of the molecule is CC1(c2ccccc2)N=C(c2ccc(-c3cccc4cccnc34)cc2)N2c3ncccc3C=CC21. The van der Waals surface area contributed by atoms with Crippen LogP contribution in [-0.4, -0.2) is 21.8 Å². The molecule has 0 N–H and O–H groups in total. The Kier molecular flexibility index (Phi) is 4.61. The summed E-state index contributed by atoms with van der Waals surface area (Å²) in [5.74, 6) is 1.89. The van der Waals surface area contributed by atoms with E-state index in [1.165, 1.54) is 5.56 Å². The third-order valence-electron chi connectivity index (χ3n) is 7.37. The molecule has 5 aromatic rings. The van der Waals surface area contributed by atoms with Crippen LogP contribution in [0.4, 0.5) is 5.82 Å². The van der Waals surface area contributed by atoms with Crippen molar-refractivity contribution in [2.75, 3.05) is 4.90 Å². The van der Waals surface area contributed by atoms with Gasteiger partial charge in [0.15, 0.2) is 0 Å². The highest BCUT2D eigenvalue weighted by Crippen LogP contribution is 2.45. The molecule has 7 rings (SSSR count). The van der Waals surface area contributed by atoms with Gasteiger partial charge in [-0.3, -0.25) is 9.98 Å². The van der Waals surface area contributed by atoms with Crippen LogP contribution in [0.2, 0.25) is 0 Å². The Hall–Kier alpha value is -4.57. The summed E-state index contributed by atoms with van der Waals surface area (Å²) in [6.45, 7) is 2.22. The quantitative estimate of drug-likeness (QED) is 0.292. The first kappa shape index (κ1) is 20.8. The number of nitrogens with zero attached hydrogens (tertiary/aromatic N) is 4. The van der Waals surface area contributed by atoms with Crippen molar-refractivity contribution in [1.82, 2.24) is 9.97 Å². The van der Waals surface area contributed by atoms with Crippen LogP contribution < -0.4 is 4.90 Å². The van der Waals surface area contributed by atoms with E-state index in [0.717, 1.165) is 44.8 Å². The third-order valence-corrected chi connectivity index (χ3v) is 7.37. The molecule has 0 spiro atoms. The van der Waals surface area contributed by atoms with E-state index in [4.69, 9.17) is 9.98 Å². The van der Waals surface area contributed by atoms with E-state index in [1.54, 1.807) is 0 Å². The lowest BCUT2D eigenvalue weighted by Crippen LogP contribution is -2.45. The second kappa shape index (κ2) is 7.99. The van der Waals surface area contributed by atoms with Gasteiger partial charge in [0.25, 0.3) is 0 Å². The molecule has 36 heavy (non-hydrogen) atoms. The minimum Gasteiger partial charge on any atom is -0.300 e. The maximum atomic E-state index is 5.40. The Morgan fingerprint density at radius 1 is 0.722 bits per heavy atom. The zero-order valence-electron chi connectivity index (χ0n) is 19.9. The molecule has 0 saturated heterocycles. The van der Waals surface area contributed by atoms with Crippen LogP contribution in [0.3, 0.4) is 0 Å². The minimum atomic E-state index is -0.430. The number of hydrogen-bond donors (Lipinski definition) is 0. The van der Waals surface area contributed by atoms with Gasteiger partial charge in [-0.15, -0.1) is 0 Å². The van der Waals surface area contributed by atoms with Gasteiger partial charge in [0.1, 0.15) is 17.2 Å². The smallest absolute Gasteiger partial charge is 0.142 e. The second-order valence-electron chi connectivity index (χ2n) is 9.50. The molecular weight excluding hydrogens is 440 g/mol. The van der Waals surface area contributed by atoms with Crippen molar-refractivity contribution >= 4 is 28.6 Å². The molecule has 0 bridgehead atoms. The topological polar surface area (TPSA) is 41.4 Å². The van der Waals surface area contributed by atoms with Crippen molar-refractivity contribution in [2.24, 2.45) is 4.99 Å². The molecule has 2 aliphatic rings. The highest BCUT2D eigenvalue weighted by atomic mass is 15.3. The lowest BCUT2D eigenvalue weighted by Gasteiger charge is -2.36. The Morgan fingerprint density at radius 3 is 2.33 bits per heavy atom. The summed E-state index contributed by atoms with van der Waals surface area (Å²) in [5.41, 5.74) is 6.23. The fourth-order valence-corrected chi connectivity index (χ4v) is 5.51. The molecule has 0 radical (unpaired) electrons. The van der Waals surface area contributed by atoms with E-state index in [-0.39, 0.29) is 6.04 Å². The molecule has 4 nitrogen and oxygen atoms in total. The zero-order chi connectivity index (χ0) is 24.1. The Balaban J connectivity index is 1.36. The first-order valence-corrected chi connectivity index (χ1v) is 12.2. The van der Waals surface area contributed by atoms with Crippen LogP contribution in [0.5, 0.6) is 0 Å². The molecule has 4 heterocycles. The highest BCUT2D eigenvalue weighted by molar-refractivity contribution is 6.13. The van der Waals surface area contributed by atoms with Crippen LogP contribution in [0.1, 0.15) is 23.6 Å². The molecule has 2 unspecified atom stereocenters. The van der Waals surface area contributed by atoms with Crippen LogP contribution in [-0.2, 0) is 5.54 Å². The summed E-state index contributed by atoms with van der Waals surface area (Å²) in [4.78, 5) is 17.1. The van der Waals surface area contributed by atoms with Gasteiger partial charge in [-0.2, -0.15) is 0 Å².